The van der Waals surface area contributed by atoms with Crippen LogP contribution in [0.5, 0.6) is 0 Å². The molecule has 0 aromatic carbocycles. The molecule has 4 nitrogen and oxygen atoms in total. The summed E-state index contributed by atoms with van der Waals surface area (Å²) in [6, 6.07) is 0. The summed E-state index contributed by atoms with van der Waals surface area (Å²) in [5.74, 6) is 0.0733. The molecule has 0 spiro atoms. The minimum Gasteiger partial charge on any atom is -0.481 e. The fourth-order valence-corrected chi connectivity index (χ4v) is 5.92. The fourth-order valence-electron chi connectivity index (χ4n) is 5.92. The van der Waals surface area contributed by atoms with Gasteiger partial charge in [-0.25, -0.2) is 0 Å². The van der Waals surface area contributed by atoms with Crippen LogP contribution >= 0.6 is 0 Å². The molecule has 40 heavy (non-hydrogen) atoms. The molecule has 0 amide bonds. The van der Waals surface area contributed by atoms with Gasteiger partial charge in [-0.1, -0.05) is 161 Å². The molecule has 4 heteroatoms. The molecule has 0 aromatic rings. The Morgan fingerprint density at radius 1 is 0.450 bits per heavy atom. The smallest absolute Gasteiger partial charge is 0.303 e. The predicted octanol–water partition coefficient (Wildman–Crippen LogP) is 11.4. The number of carboxylic acids is 1. The molecule has 0 aromatic heterocycles. The third-order valence-corrected chi connectivity index (χ3v) is 8.64. The Morgan fingerprint density at radius 3 is 1.15 bits per heavy atom. The molecular weight excluding hydrogens is 496 g/mol. The molecule has 1 unspecified atom stereocenters. The first-order valence-electron chi connectivity index (χ1n) is 18.0. The van der Waals surface area contributed by atoms with Crippen molar-refractivity contribution in [2.24, 2.45) is 5.92 Å². The van der Waals surface area contributed by atoms with E-state index in [2.05, 4.69) is 6.92 Å². The third kappa shape index (κ3) is 30.1. The van der Waals surface area contributed by atoms with E-state index in [4.69, 9.17) is 10.2 Å². The van der Waals surface area contributed by atoms with Crippen LogP contribution in [0.25, 0.3) is 0 Å². The van der Waals surface area contributed by atoms with Gasteiger partial charge in [0.15, 0.2) is 0 Å². The molecule has 0 aliphatic rings. The molecule has 0 saturated carbocycles. The van der Waals surface area contributed by atoms with Crippen LogP contribution in [-0.2, 0) is 9.59 Å². The van der Waals surface area contributed by atoms with Crippen molar-refractivity contribution in [1.29, 1.82) is 0 Å². The zero-order valence-electron chi connectivity index (χ0n) is 26.9. The highest BCUT2D eigenvalue weighted by atomic mass is 16.4. The van der Waals surface area contributed by atoms with Crippen molar-refractivity contribution in [3.63, 3.8) is 0 Å². The quantitative estimate of drug-likeness (QED) is 0.0759. The van der Waals surface area contributed by atoms with Gasteiger partial charge in [-0.15, -0.1) is 0 Å². The molecule has 0 aliphatic carbocycles. The zero-order valence-corrected chi connectivity index (χ0v) is 26.9. The number of Topliss-reactive ketones (excluding diaryl/α,β-unsaturated/α-hetero) is 1. The van der Waals surface area contributed by atoms with Gasteiger partial charge in [0.25, 0.3) is 0 Å². The summed E-state index contributed by atoms with van der Waals surface area (Å²) in [6.07, 6.45) is 36.7. The lowest BCUT2D eigenvalue weighted by molar-refractivity contribution is -0.137. The highest BCUT2D eigenvalue weighted by molar-refractivity contribution is 5.80. The Balaban J connectivity index is 3.86. The van der Waals surface area contributed by atoms with E-state index in [9.17, 15) is 9.59 Å². The topological polar surface area (TPSA) is 74.6 Å². The average Bonchev–Trinajstić information content (AvgIpc) is 2.94. The number of hydrogen-bond donors (Lipinski definition) is 2. The number of aliphatic hydroxyl groups is 1. The Hall–Kier alpha value is -0.900. The first-order chi connectivity index (χ1) is 19.6. The van der Waals surface area contributed by atoms with Gasteiger partial charge >= 0.3 is 5.97 Å². The summed E-state index contributed by atoms with van der Waals surface area (Å²) >= 11 is 0. The van der Waals surface area contributed by atoms with E-state index in [0.29, 0.717) is 12.2 Å². The third-order valence-electron chi connectivity index (χ3n) is 8.64. The SMILES string of the molecule is CCCCCCCCCCCCCCCCCC(=O)C(CCCCCCO)CCCCCCCCCCC(=O)O. The van der Waals surface area contributed by atoms with E-state index in [1.54, 1.807) is 0 Å². The van der Waals surface area contributed by atoms with E-state index < -0.39 is 5.97 Å². The molecule has 1 atom stereocenters. The largest absolute Gasteiger partial charge is 0.481 e. The number of hydrogen-bond acceptors (Lipinski definition) is 3. The Labute approximate surface area is 249 Å². The van der Waals surface area contributed by atoms with Crippen LogP contribution in [0.1, 0.15) is 206 Å². The molecule has 0 heterocycles. The molecule has 0 saturated heterocycles. The highest BCUT2D eigenvalue weighted by Gasteiger charge is 2.17. The lowest BCUT2D eigenvalue weighted by Gasteiger charge is -2.16. The lowest BCUT2D eigenvalue weighted by atomic mass is 9.88. The van der Waals surface area contributed by atoms with Gasteiger partial charge in [0.1, 0.15) is 5.78 Å². The van der Waals surface area contributed by atoms with Crippen LogP contribution in [-0.4, -0.2) is 28.6 Å². The number of ketones is 1. The van der Waals surface area contributed by atoms with Crippen molar-refractivity contribution >= 4 is 11.8 Å². The second-order valence-corrected chi connectivity index (χ2v) is 12.6. The van der Waals surface area contributed by atoms with Gasteiger partial charge < -0.3 is 10.2 Å². The number of carbonyl (C=O) groups excluding carboxylic acids is 1. The molecule has 238 valence electrons. The van der Waals surface area contributed by atoms with Crippen molar-refractivity contribution in [1.82, 2.24) is 0 Å². The maximum Gasteiger partial charge on any atom is 0.303 e. The maximum absolute atomic E-state index is 13.0. The van der Waals surface area contributed by atoms with Crippen molar-refractivity contribution in [2.75, 3.05) is 6.61 Å². The van der Waals surface area contributed by atoms with Gasteiger partial charge in [0.2, 0.25) is 0 Å². The van der Waals surface area contributed by atoms with E-state index in [1.807, 2.05) is 0 Å². The maximum atomic E-state index is 13.0. The number of aliphatic carboxylic acids is 1. The van der Waals surface area contributed by atoms with Gasteiger partial charge in [-0.3, -0.25) is 9.59 Å². The lowest BCUT2D eigenvalue weighted by Crippen LogP contribution is -2.14. The summed E-state index contributed by atoms with van der Waals surface area (Å²) in [6.45, 7) is 2.56. The van der Waals surface area contributed by atoms with E-state index in [1.165, 1.54) is 116 Å². The van der Waals surface area contributed by atoms with Crippen LogP contribution in [0.3, 0.4) is 0 Å². The number of carboxylic acid groups (broad SMARTS) is 1. The predicted molar refractivity (Wildman–Crippen MR) is 172 cm³/mol. The summed E-state index contributed by atoms with van der Waals surface area (Å²) in [4.78, 5) is 23.6. The van der Waals surface area contributed by atoms with Crippen LogP contribution < -0.4 is 0 Å². The second-order valence-electron chi connectivity index (χ2n) is 12.6. The van der Waals surface area contributed by atoms with Crippen LogP contribution in [0, 0.1) is 5.92 Å². The Kier molecular flexibility index (Phi) is 31.9. The van der Waals surface area contributed by atoms with Crippen LogP contribution in [0.4, 0.5) is 0 Å². The minimum absolute atomic E-state index is 0.247. The molecule has 0 aliphatic heterocycles. The monoisotopic (exact) mass is 567 g/mol. The number of aliphatic hydroxyl groups excluding tert-OH is 1. The van der Waals surface area contributed by atoms with E-state index >= 15 is 0 Å². The zero-order chi connectivity index (χ0) is 29.4. The fraction of sp³-hybridized carbons (Fsp3) is 0.944. The van der Waals surface area contributed by atoms with Gasteiger partial charge in [0.05, 0.1) is 0 Å². The van der Waals surface area contributed by atoms with Crippen LogP contribution in [0.15, 0.2) is 0 Å². The van der Waals surface area contributed by atoms with Gasteiger partial charge in [-0.2, -0.15) is 0 Å². The first kappa shape index (κ1) is 39.1. The number of rotatable bonds is 34. The number of carbonyl (C=O) groups is 2. The average molecular weight is 567 g/mol. The normalized spacial score (nSPS) is 12.2. The van der Waals surface area contributed by atoms with E-state index in [0.717, 1.165) is 77.0 Å². The molecule has 0 rings (SSSR count). The van der Waals surface area contributed by atoms with Crippen molar-refractivity contribution in [3.8, 4) is 0 Å². The minimum atomic E-state index is -0.683. The number of unbranched alkanes of at least 4 members (excludes halogenated alkanes) is 24. The van der Waals surface area contributed by atoms with Crippen molar-refractivity contribution in [2.45, 2.75) is 206 Å². The summed E-state index contributed by atoms with van der Waals surface area (Å²) < 4.78 is 0. The summed E-state index contributed by atoms with van der Waals surface area (Å²) in [5.41, 5.74) is 0. The first-order valence-corrected chi connectivity index (χ1v) is 18.0. The van der Waals surface area contributed by atoms with E-state index in [-0.39, 0.29) is 12.5 Å². The van der Waals surface area contributed by atoms with Crippen molar-refractivity contribution in [3.05, 3.63) is 0 Å². The second kappa shape index (κ2) is 32.6. The molecule has 2 N–H and O–H groups in total. The summed E-state index contributed by atoms with van der Waals surface area (Å²) in [5, 5.41) is 17.7. The Morgan fingerprint density at radius 2 is 0.775 bits per heavy atom. The van der Waals surface area contributed by atoms with Gasteiger partial charge in [0, 0.05) is 25.4 Å². The van der Waals surface area contributed by atoms with Crippen LogP contribution in [0.2, 0.25) is 0 Å². The standard InChI is InChI=1S/C36H70O4/c1-2-3-4-5-6-7-8-9-10-11-12-13-17-20-26-31-35(38)34(30-25-22-23-28-33-37)29-24-19-16-14-15-18-21-27-32-36(39)40/h34,37H,2-33H2,1H3,(H,39,40). The van der Waals surface area contributed by atoms with Crippen molar-refractivity contribution < 1.29 is 19.8 Å². The molecule has 0 radical (unpaired) electrons. The molecule has 0 bridgehead atoms. The summed E-state index contributed by atoms with van der Waals surface area (Å²) in [7, 11) is 0. The molecule has 0 fully saturated rings. The highest BCUT2D eigenvalue weighted by Crippen LogP contribution is 2.23. The Bertz CT molecular complexity index is 533. The van der Waals surface area contributed by atoms with Gasteiger partial charge in [-0.05, 0) is 32.1 Å². The molecular formula is C36H70O4.